The first-order chi connectivity index (χ1) is 14.2. The molecule has 3 N–H and O–H groups in total. The standard InChI is InChI=1S/C23H18N4O2/c28-22(16-6-2-1-3-7-16)26-19-12-10-17(11-13-19)23(29)27-25-15-18-14-24-21-9-5-4-8-20(18)21/h1-15,24H,(H,26,28)(H,27,29). The highest BCUT2D eigenvalue weighted by atomic mass is 16.2. The zero-order valence-corrected chi connectivity index (χ0v) is 15.4. The van der Waals surface area contributed by atoms with E-state index in [1.54, 1.807) is 54.7 Å². The Morgan fingerprint density at radius 2 is 1.48 bits per heavy atom. The number of amides is 2. The Morgan fingerprint density at radius 3 is 2.28 bits per heavy atom. The smallest absolute Gasteiger partial charge is 0.271 e. The van der Waals surface area contributed by atoms with Crippen LogP contribution in [-0.2, 0) is 0 Å². The maximum atomic E-state index is 12.3. The van der Waals surface area contributed by atoms with Gasteiger partial charge in [-0.25, -0.2) is 5.43 Å². The summed E-state index contributed by atoms with van der Waals surface area (Å²) < 4.78 is 0. The van der Waals surface area contributed by atoms with Gasteiger partial charge in [-0.05, 0) is 42.5 Å². The van der Waals surface area contributed by atoms with E-state index in [9.17, 15) is 9.59 Å². The topological polar surface area (TPSA) is 86.3 Å². The Kier molecular flexibility index (Phi) is 5.16. The van der Waals surface area contributed by atoms with Crippen molar-refractivity contribution in [3.05, 3.63) is 102 Å². The Morgan fingerprint density at radius 1 is 0.793 bits per heavy atom. The number of H-pyrrole nitrogens is 1. The van der Waals surface area contributed by atoms with Crippen LogP contribution in [0.3, 0.4) is 0 Å². The van der Waals surface area contributed by atoms with Crippen LogP contribution in [0.5, 0.6) is 0 Å². The number of carbonyl (C=O) groups is 2. The van der Waals surface area contributed by atoms with E-state index in [0.717, 1.165) is 16.5 Å². The van der Waals surface area contributed by atoms with Crippen LogP contribution in [0, 0.1) is 0 Å². The Hall–Kier alpha value is -4.19. The number of para-hydroxylation sites is 1. The van der Waals surface area contributed by atoms with Crippen LogP contribution in [0.2, 0.25) is 0 Å². The first-order valence-electron chi connectivity index (χ1n) is 9.07. The predicted octanol–water partition coefficient (Wildman–Crippen LogP) is 4.18. The molecule has 0 aliphatic heterocycles. The van der Waals surface area contributed by atoms with E-state index in [2.05, 4.69) is 20.8 Å². The summed E-state index contributed by atoms with van der Waals surface area (Å²) in [6.07, 6.45) is 3.44. The summed E-state index contributed by atoms with van der Waals surface area (Å²) in [6, 6.07) is 23.4. The summed E-state index contributed by atoms with van der Waals surface area (Å²) in [5, 5.41) is 7.87. The molecule has 0 radical (unpaired) electrons. The summed E-state index contributed by atoms with van der Waals surface area (Å²) in [7, 11) is 0. The number of aromatic nitrogens is 1. The maximum absolute atomic E-state index is 12.3. The van der Waals surface area contributed by atoms with Gasteiger partial charge in [0.05, 0.1) is 6.21 Å². The number of fused-ring (bicyclic) bond motifs is 1. The fourth-order valence-electron chi connectivity index (χ4n) is 2.92. The zero-order chi connectivity index (χ0) is 20.1. The normalized spacial score (nSPS) is 10.9. The molecule has 6 heteroatoms. The van der Waals surface area contributed by atoms with Crippen LogP contribution >= 0.6 is 0 Å². The Bertz CT molecular complexity index is 1180. The second-order valence-corrected chi connectivity index (χ2v) is 6.39. The lowest BCUT2D eigenvalue weighted by Gasteiger charge is -2.06. The van der Waals surface area contributed by atoms with Crippen molar-refractivity contribution in [1.82, 2.24) is 10.4 Å². The molecular weight excluding hydrogens is 364 g/mol. The van der Waals surface area contributed by atoms with E-state index in [0.29, 0.717) is 16.8 Å². The Balaban J connectivity index is 1.37. The number of aromatic amines is 1. The van der Waals surface area contributed by atoms with E-state index in [1.165, 1.54) is 0 Å². The van der Waals surface area contributed by atoms with E-state index in [4.69, 9.17) is 0 Å². The van der Waals surface area contributed by atoms with E-state index in [-0.39, 0.29) is 11.8 Å². The van der Waals surface area contributed by atoms with E-state index < -0.39 is 0 Å². The van der Waals surface area contributed by atoms with Crippen LogP contribution in [0.1, 0.15) is 26.3 Å². The van der Waals surface area contributed by atoms with Crippen molar-refractivity contribution in [3.8, 4) is 0 Å². The molecular formula is C23H18N4O2. The molecule has 142 valence electrons. The van der Waals surface area contributed by atoms with Crippen molar-refractivity contribution in [3.63, 3.8) is 0 Å². The predicted molar refractivity (Wildman–Crippen MR) is 114 cm³/mol. The third-order valence-electron chi connectivity index (χ3n) is 4.43. The average molecular weight is 382 g/mol. The molecule has 1 aromatic heterocycles. The minimum atomic E-state index is -0.331. The van der Waals surface area contributed by atoms with Gasteiger partial charge in [0.15, 0.2) is 0 Å². The molecule has 4 aromatic rings. The van der Waals surface area contributed by atoms with Crippen molar-refractivity contribution in [2.75, 3.05) is 5.32 Å². The third-order valence-corrected chi connectivity index (χ3v) is 4.43. The molecule has 0 bridgehead atoms. The second kappa shape index (κ2) is 8.22. The molecule has 29 heavy (non-hydrogen) atoms. The number of carbonyl (C=O) groups excluding carboxylic acids is 2. The van der Waals surface area contributed by atoms with Gasteiger partial charge < -0.3 is 10.3 Å². The average Bonchev–Trinajstić information content (AvgIpc) is 3.18. The molecule has 2 amide bonds. The van der Waals surface area contributed by atoms with Crippen molar-refractivity contribution in [2.24, 2.45) is 5.10 Å². The molecule has 0 spiro atoms. The minimum absolute atomic E-state index is 0.203. The molecule has 0 aliphatic rings. The number of rotatable bonds is 5. The minimum Gasteiger partial charge on any atom is -0.361 e. The van der Waals surface area contributed by atoms with Crippen molar-refractivity contribution < 1.29 is 9.59 Å². The molecule has 0 saturated carbocycles. The largest absolute Gasteiger partial charge is 0.361 e. The van der Waals surface area contributed by atoms with Gasteiger partial charge in [-0.15, -0.1) is 0 Å². The number of nitrogens with one attached hydrogen (secondary N) is 3. The molecule has 0 aliphatic carbocycles. The summed E-state index contributed by atoms with van der Waals surface area (Å²) in [5.41, 5.74) is 6.04. The molecule has 4 rings (SSSR count). The molecule has 0 saturated heterocycles. The lowest BCUT2D eigenvalue weighted by molar-refractivity contribution is 0.0954. The van der Waals surface area contributed by atoms with Crippen molar-refractivity contribution >= 4 is 34.6 Å². The molecule has 3 aromatic carbocycles. The van der Waals surface area contributed by atoms with Gasteiger partial charge in [0.25, 0.3) is 11.8 Å². The van der Waals surface area contributed by atoms with E-state index in [1.807, 2.05) is 36.5 Å². The number of hydrogen-bond acceptors (Lipinski definition) is 3. The first kappa shape index (κ1) is 18.2. The molecule has 0 atom stereocenters. The van der Waals surface area contributed by atoms with Gasteiger partial charge >= 0.3 is 0 Å². The quantitative estimate of drug-likeness (QED) is 0.357. The van der Waals surface area contributed by atoms with Gasteiger partial charge in [-0.1, -0.05) is 36.4 Å². The maximum Gasteiger partial charge on any atom is 0.271 e. The summed E-state index contributed by atoms with van der Waals surface area (Å²) in [4.78, 5) is 27.6. The van der Waals surface area contributed by atoms with Crippen LogP contribution < -0.4 is 10.7 Å². The summed E-state index contributed by atoms with van der Waals surface area (Å²) in [6.45, 7) is 0. The van der Waals surface area contributed by atoms with Gasteiger partial charge in [-0.3, -0.25) is 9.59 Å². The fraction of sp³-hybridized carbons (Fsp3) is 0. The lowest BCUT2D eigenvalue weighted by atomic mass is 10.1. The second-order valence-electron chi connectivity index (χ2n) is 6.39. The highest BCUT2D eigenvalue weighted by Crippen LogP contribution is 2.15. The lowest BCUT2D eigenvalue weighted by Crippen LogP contribution is -2.17. The van der Waals surface area contributed by atoms with Crippen LogP contribution in [0.4, 0.5) is 5.69 Å². The highest BCUT2D eigenvalue weighted by Gasteiger charge is 2.07. The number of hydrazone groups is 1. The van der Waals surface area contributed by atoms with Crippen LogP contribution in [0.25, 0.3) is 10.9 Å². The highest BCUT2D eigenvalue weighted by molar-refractivity contribution is 6.04. The fourth-order valence-corrected chi connectivity index (χ4v) is 2.92. The van der Waals surface area contributed by atoms with Gasteiger partial charge in [0, 0.05) is 39.5 Å². The van der Waals surface area contributed by atoms with Gasteiger partial charge in [-0.2, -0.15) is 5.10 Å². The summed E-state index contributed by atoms with van der Waals surface area (Å²) in [5.74, 6) is -0.534. The number of nitrogens with zero attached hydrogens (tertiary/aromatic N) is 1. The van der Waals surface area contributed by atoms with Crippen LogP contribution in [0.15, 0.2) is 90.2 Å². The number of hydrogen-bond donors (Lipinski definition) is 3. The monoisotopic (exact) mass is 382 g/mol. The van der Waals surface area contributed by atoms with Gasteiger partial charge in [0.1, 0.15) is 0 Å². The van der Waals surface area contributed by atoms with E-state index >= 15 is 0 Å². The molecule has 0 unspecified atom stereocenters. The van der Waals surface area contributed by atoms with Crippen LogP contribution in [-0.4, -0.2) is 23.0 Å². The first-order valence-corrected chi connectivity index (χ1v) is 9.07. The molecule has 6 nitrogen and oxygen atoms in total. The molecule has 0 fully saturated rings. The third kappa shape index (κ3) is 4.22. The number of benzene rings is 3. The Labute approximate surface area is 167 Å². The number of anilines is 1. The SMILES string of the molecule is O=C(NN=Cc1c[nH]c2ccccc12)c1ccc(NC(=O)c2ccccc2)cc1. The van der Waals surface area contributed by atoms with Crippen molar-refractivity contribution in [1.29, 1.82) is 0 Å². The van der Waals surface area contributed by atoms with Gasteiger partial charge in [0.2, 0.25) is 0 Å². The van der Waals surface area contributed by atoms with Crippen molar-refractivity contribution in [2.45, 2.75) is 0 Å². The summed E-state index contributed by atoms with van der Waals surface area (Å²) >= 11 is 0. The zero-order valence-electron chi connectivity index (χ0n) is 15.4. The molecule has 1 heterocycles.